The summed E-state index contributed by atoms with van der Waals surface area (Å²) in [7, 11) is 0. The number of carbonyl (C=O) groups is 2. The van der Waals surface area contributed by atoms with E-state index in [2.05, 4.69) is 0 Å². The highest BCUT2D eigenvalue weighted by atomic mass is 16.3. The first-order valence-corrected chi connectivity index (χ1v) is 7.89. The third-order valence-electron chi connectivity index (χ3n) is 3.90. The van der Waals surface area contributed by atoms with Crippen molar-refractivity contribution in [3.8, 4) is 0 Å². The third-order valence-corrected chi connectivity index (χ3v) is 3.90. The average Bonchev–Trinajstić information content (AvgIpc) is 2.54. The Hall–Kier alpha value is -2.20. The minimum atomic E-state index is -0.449. The highest BCUT2D eigenvalue weighted by Crippen LogP contribution is 2.20. The Morgan fingerprint density at radius 3 is 2.65 bits per heavy atom. The van der Waals surface area contributed by atoms with Crippen molar-refractivity contribution >= 4 is 11.6 Å². The fraction of sp³-hybridized carbons (Fsp3) is 0.368. The lowest BCUT2D eigenvalue weighted by molar-refractivity contribution is -0.124. The molecule has 0 saturated heterocycles. The summed E-state index contributed by atoms with van der Waals surface area (Å²) in [5, 5.41) is 18.6. The first kappa shape index (κ1) is 17.2. The summed E-state index contributed by atoms with van der Waals surface area (Å²) in [6.07, 6.45) is 15.5. The van der Waals surface area contributed by atoms with Gasteiger partial charge in [0.1, 0.15) is 11.5 Å². The summed E-state index contributed by atoms with van der Waals surface area (Å²) in [4.78, 5) is 23.6. The number of carbonyl (C=O) groups excluding carboxylic acids is 2. The highest BCUT2D eigenvalue weighted by molar-refractivity contribution is 6.04. The van der Waals surface area contributed by atoms with E-state index in [-0.39, 0.29) is 29.7 Å². The number of hydrogen-bond acceptors (Lipinski definition) is 4. The molecule has 0 fully saturated rings. The molecule has 0 aliphatic heterocycles. The Morgan fingerprint density at radius 2 is 2.00 bits per heavy atom. The summed E-state index contributed by atoms with van der Waals surface area (Å²) < 4.78 is 0. The molecular weight excluding hydrogens is 292 g/mol. The smallest absolute Gasteiger partial charge is 0.163 e. The Labute approximate surface area is 136 Å². The van der Waals surface area contributed by atoms with Gasteiger partial charge in [0.05, 0.1) is 12.5 Å². The van der Waals surface area contributed by atoms with Crippen molar-refractivity contribution in [1.82, 2.24) is 0 Å². The van der Waals surface area contributed by atoms with E-state index >= 15 is 0 Å². The first-order valence-electron chi connectivity index (χ1n) is 7.89. The molecule has 0 bridgehead atoms. The van der Waals surface area contributed by atoms with Gasteiger partial charge in [-0.3, -0.25) is 9.59 Å². The van der Waals surface area contributed by atoms with E-state index in [1.807, 2.05) is 12.2 Å². The quantitative estimate of drug-likeness (QED) is 0.559. The molecule has 4 heteroatoms. The lowest BCUT2D eigenvalue weighted by atomic mass is 9.93. The molecule has 0 aromatic rings. The summed E-state index contributed by atoms with van der Waals surface area (Å²) in [5.74, 6) is 0.262. The molecule has 2 unspecified atom stereocenters. The second kappa shape index (κ2) is 8.44. The maximum Gasteiger partial charge on any atom is 0.163 e. The number of aliphatic hydroxyl groups excluding tert-OH is 2. The van der Waals surface area contributed by atoms with Gasteiger partial charge >= 0.3 is 0 Å². The first-order chi connectivity index (χ1) is 11.0. The van der Waals surface area contributed by atoms with Crippen molar-refractivity contribution in [2.24, 2.45) is 5.92 Å². The van der Waals surface area contributed by atoms with Crippen LogP contribution in [0.2, 0.25) is 0 Å². The highest BCUT2D eigenvalue weighted by Gasteiger charge is 2.13. The lowest BCUT2D eigenvalue weighted by Crippen LogP contribution is -2.09. The van der Waals surface area contributed by atoms with E-state index in [1.54, 1.807) is 30.4 Å². The normalized spacial score (nSPS) is 23.7. The molecule has 2 atom stereocenters. The molecule has 2 aliphatic carbocycles. The van der Waals surface area contributed by atoms with Gasteiger partial charge in [0.25, 0.3) is 0 Å². The molecule has 0 aromatic carbocycles. The fourth-order valence-electron chi connectivity index (χ4n) is 2.49. The van der Waals surface area contributed by atoms with Crippen molar-refractivity contribution in [2.45, 2.75) is 38.2 Å². The molecule has 0 spiro atoms. The van der Waals surface area contributed by atoms with E-state index < -0.39 is 6.10 Å². The van der Waals surface area contributed by atoms with Crippen LogP contribution < -0.4 is 0 Å². The SMILES string of the molecule is O=C(/C=C/C1=CCC(O)C=C1)CC(=O)CCC1C=CC(O)=CC1. The fourth-order valence-corrected chi connectivity index (χ4v) is 2.49. The van der Waals surface area contributed by atoms with Gasteiger partial charge in [-0.25, -0.2) is 0 Å². The Morgan fingerprint density at radius 1 is 1.17 bits per heavy atom. The van der Waals surface area contributed by atoms with Crippen LogP contribution in [0.3, 0.4) is 0 Å². The maximum atomic E-state index is 11.8. The number of ketones is 2. The number of Topliss-reactive ketones (excluding diaryl/α,β-unsaturated/α-hetero) is 1. The van der Waals surface area contributed by atoms with Gasteiger partial charge in [0, 0.05) is 6.42 Å². The van der Waals surface area contributed by atoms with Gasteiger partial charge in [0.2, 0.25) is 0 Å². The monoisotopic (exact) mass is 314 g/mol. The summed E-state index contributed by atoms with van der Waals surface area (Å²) >= 11 is 0. The molecule has 0 saturated carbocycles. The third kappa shape index (κ3) is 6.20. The van der Waals surface area contributed by atoms with Crippen LogP contribution in [0.4, 0.5) is 0 Å². The largest absolute Gasteiger partial charge is 0.508 e. The van der Waals surface area contributed by atoms with Crippen LogP contribution in [0.1, 0.15) is 32.1 Å². The van der Waals surface area contributed by atoms with Crippen molar-refractivity contribution in [1.29, 1.82) is 0 Å². The van der Waals surface area contributed by atoms with Crippen molar-refractivity contribution in [2.75, 3.05) is 0 Å². The molecule has 2 N–H and O–H groups in total. The molecule has 23 heavy (non-hydrogen) atoms. The van der Waals surface area contributed by atoms with Gasteiger partial charge < -0.3 is 10.2 Å². The van der Waals surface area contributed by atoms with E-state index in [4.69, 9.17) is 0 Å². The van der Waals surface area contributed by atoms with Gasteiger partial charge in [-0.15, -0.1) is 0 Å². The zero-order valence-corrected chi connectivity index (χ0v) is 13.0. The van der Waals surface area contributed by atoms with Crippen molar-refractivity contribution in [3.63, 3.8) is 0 Å². The minimum absolute atomic E-state index is 0.0598. The van der Waals surface area contributed by atoms with Crippen LogP contribution in [0, 0.1) is 5.92 Å². The number of rotatable bonds is 7. The molecule has 2 aliphatic rings. The van der Waals surface area contributed by atoms with Crippen molar-refractivity contribution < 1.29 is 19.8 Å². The van der Waals surface area contributed by atoms with Crippen LogP contribution in [-0.4, -0.2) is 27.9 Å². The second-order valence-corrected chi connectivity index (χ2v) is 5.90. The summed E-state index contributed by atoms with van der Waals surface area (Å²) in [6.45, 7) is 0. The average molecular weight is 314 g/mol. The zero-order valence-electron chi connectivity index (χ0n) is 13.0. The van der Waals surface area contributed by atoms with Crippen molar-refractivity contribution in [3.05, 3.63) is 59.9 Å². The minimum Gasteiger partial charge on any atom is -0.508 e. The second-order valence-electron chi connectivity index (χ2n) is 5.90. The van der Waals surface area contributed by atoms with Crippen LogP contribution in [0.25, 0.3) is 0 Å². The van der Waals surface area contributed by atoms with Crippen LogP contribution in [0.5, 0.6) is 0 Å². The van der Waals surface area contributed by atoms with Crippen LogP contribution >= 0.6 is 0 Å². The van der Waals surface area contributed by atoms with Crippen LogP contribution in [0.15, 0.2) is 59.9 Å². The molecular formula is C19H22O4. The van der Waals surface area contributed by atoms with Crippen LogP contribution in [-0.2, 0) is 9.59 Å². The standard InChI is InChI=1S/C19H22O4/c20-16-7-1-14(2-8-16)5-11-18(22)13-19(23)12-6-15-3-9-17(21)10-4-15/h1-3,5,7,9-11,15-16,20-21H,4,6,8,12-13H2/b11-5+. The zero-order chi connectivity index (χ0) is 16.7. The van der Waals surface area contributed by atoms with Gasteiger partial charge in [-0.05, 0) is 49.0 Å². The molecule has 0 heterocycles. The summed E-state index contributed by atoms with van der Waals surface area (Å²) in [5.41, 5.74) is 0.870. The molecule has 0 radical (unpaired) electrons. The van der Waals surface area contributed by atoms with E-state index in [0.717, 1.165) is 12.0 Å². The van der Waals surface area contributed by atoms with Gasteiger partial charge in [0.15, 0.2) is 5.78 Å². The maximum absolute atomic E-state index is 11.8. The molecule has 4 nitrogen and oxygen atoms in total. The summed E-state index contributed by atoms with van der Waals surface area (Å²) in [6, 6.07) is 0. The van der Waals surface area contributed by atoms with E-state index in [9.17, 15) is 19.8 Å². The topological polar surface area (TPSA) is 74.6 Å². The predicted octanol–water partition coefficient (Wildman–Crippen LogP) is 3.12. The Kier molecular flexibility index (Phi) is 6.29. The lowest BCUT2D eigenvalue weighted by Gasteiger charge is -2.13. The number of aliphatic hydroxyl groups is 2. The molecule has 0 aromatic heterocycles. The van der Waals surface area contributed by atoms with E-state index in [1.165, 1.54) is 6.08 Å². The Bertz CT molecular complexity index is 605. The van der Waals surface area contributed by atoms with Gasteiger partial charge in [-0.2, -0.15) is 0 Å². The number of allylic oxidation sites excluding steroid dienone is 7. The number of hydrogen-bond donors (Lipinski definition) is 2. The predicted molar refractivity (Wildman–Crippen MR) is 88.8 cm³/mol. The molecule has 2 rings (SSSR count). The van der Waals surface area contributed by atoms with Gasteiger partial charge in [-0.1, -0.05) is 30.4 Å². The Balaban J connectivity index is 1.70. The molecule has 122 valence electrons. The van der Waals surface area contributed by atoms with E-state index in [0.29, 0.717) is 19.3 Å². The molecule has 0 amide bonds.